The van der Waals surface area contributed by atoms with Gasteiger partial charge in [0, 0.05) is 11.6 Å². The third kappa shape index (κ3) is 3.57. The van der Waals surface area contributed by atoms with Crippen molar-refractivity contribution in [1.82, 2.24) is 4.98 Å². The molecule has 1 atom stereocenters. The van der Waals surface area contributed by atoms with Gasteiger partial charge in [-0.05, 0) is 49.6 Å². The van der Waals surface area contributed by atoms with Crippen LogP contribution in [0.2, 0.25) is 5.02 Å². The molecule has 2 heterocycles. The number of benzene rings is 2. The minimum atomic E-state index is -0.542. The minimum Gasteiger partial charge on any atom is -0.376 e. The lowest BCUT2D eigenvalue weighted by Crippen LogP contribution is -2.37. The third-order valence-corrected chi connectivity index (χ3v) is 6.18. The number of halogens is 2. The zero-order valence-electron chi connectivity index (χ0n) is 14.7. The molecule has 1 aromatic heterocycles. The fourth-order valence-corrected chi connectivity index (χ4v) is 4.41. The van der Waals surface area contributed by atoms with E-state index in [0.717, 1.165) is 28.6 Å². The lowest BCUT2D eigenvalue weighted by atomic mass is 10.1. The second-order valence-electron chi connectivity index (χ2n) is 6.55. The van der Waals surface area contributed by atoms with E-state index in [9.17, 15) is 9.18 Å². The number of rotatable bonds is 4. The van der Waals surface area contributed by atoms with E-state index in [1.165, 1.54) is 28.4 Å². The quantitative estimate of drug-likeness (QED) is 0.598. The fourth-order valence-electron chi connectivity index (χ4n) is 3.22. The number of anilines is 1. The monoisotopic (exact) mass is 404 g/mol. The molecule has 2 aromatic carbocycles. The van der Waals surface area contributed by atoms with Crippen LogP contribution in [0.4, 0.5) is 9.52 Å². The van der Waals surface area contributed by atoms with Crippen molar-refractivity contribution in [2.75, 3.05) is 18.1 Å². The van der Waals surface area contributed by atoms with Gasteiger partial charge in [-0.2, -0.15) is 0 Å². The maximum absolute atomic E-state index is 14.2. The van der Waals surface area contributed by atoms with Crippen molar-refractivity contribution in [1.29, 1.82) is 0 Å². The number of carbonyl (C=O) groups is 1. The van der Waals surface area contributed by atoms with Gasteiger partial charge >= 0.3 is 0 Å². The Morgan fingerprint density at radius 1 is 1.37 bits per heavy atom. The number of aryl methyl sites for hydroxylation is 1. The van der Waals surface area contributed by atoms with Gasteiger partial charge in [-0.3, -0.25) is 9.69 Å². The van der Waals surface area contributed by atoms with E-state index in [-0.39, 0.29) is 11.7 Å². The van der Waals surface area contributed by atoms with Crippen LogP contribution in [0, 0.1) is 12.7 Å². The first kappa shape index (κ1) is 18.3. The second kappa shape index (κ2) is 7.54. The molecular weight excluding hydrogens is 387 g/mol. The van der Waals surface area contributed by atoms with E-state index >= 15 is 0 Å². The van der Waals surface area contributed by atoms with Crippen LogP contribution >= 0.6 is 22.9 Å². The van der Waals surface area contributed by atoms with E-state index in [0.29, 0.717) is 23.3 Å². The number of amides is 1. The summed E-state index contributed by atoms with van der Waals surface area (Å²) in [5.41, 5.74) is 1.66. The van der Waals surface area contributed by atoms with Crippen molar-refractivity contribution in [2.24, 2.45) is 0 Å². The standard InChI is InChI=1S/C20H18ClFN2O2S/c1-12-15(21)8-9-17-18(12)23-20(27-17)24(11-13-5-4-10-26-13)19(25)14-6-2-3-7-16(14)22/h2-3,6-9,13H,4-5,10-11H2,1H3. The van der Waals surface area contributed by atoms with Gasteiger partial charge in [-0.15, -0.1) is 0 Å². The van der Waals surface area contributed by atoms with Crippen LogP contribution in [0.3, 0.4) is 0 Å². The largest absolute Gasteiger partial charge is 0.376 e. The third-order valence-electron chi connectivity index (χ3n) is 4.73. The van der Waals surface area contributed by atoms with Crippen LogP contribution in [-0.2, 0) is 4.74 Å². The second-order valence-corrected chi connectivity index (χ2v) is 7.96. The van der Waals surface area contributed by atoms with Crippen molar-refractivity contribution < 1.29 is 13.9 Å². The summed E-state index contributed by atoms with van der Waals surface area (Å²) in [6.45, 7) is 2.93. The van der Waals surface area contributed by atoms with E-state index in [1.54, 1.807) is 12.1 Å². The first-order valence-corrected chi connectivity index (χ1v) is 9.97. The van der Waals surface area contributed by atoms with Crippen LogP contribution in [0.5, 0.6) is 0 Å². The average molecular weight is 405 g/mol. The average Bonchev–Trinajstić information content (AvgIpc) is 3.32. The summed E-state index contributed by atoms with van der Waals surface area (Å²) in [5, 5.41) is 1.16. The Morgan fingerprint density at radius 2 is 2.19 bits per heavy atom. The highest BCUT2D eigenvalue weighted by atomic mass is 35.5. The molecule has 1 fully saturated rings. The number of aromatic nitrogens is 1. The van der Waals surface area contributed by atoms with Crippen LogP contribution in [0.1, 0.15) is 28.8 Å². The maximum atomic E-state index is 14.2. The van der Waals surface area contributed by atoms with Crippen LogP contribution in [-0.4, -0.2) is 30.1 Å². The van der Waals surface area contributed by atoms with Gasteiger partial charge in [-0.25, -0.2) is 9.37 Å². The summed E-state index contributed by atoms with van der Waals surface area (Å²) < 4.78 is 20.9. The van der Waals surface area contributed by atoms with Crippen molar-refractivity contribution in [3.63, 3.8) is 0 Å². The molecular formula is C20H18ClFN2O2S. The van der Waals surface area contributed by atoms with Gasteiger partial charge < -0.3 is 4.74 Å². The summed E-state index contributed by atoms with van der Waals surface area (Å²) in [7, 11) is 0. The Labute approximate surface area is 165 Å². The summed E-state index contributed by atoms with van der Waals surface area (Å²) in [6, 6.07) is 9.73. The summed E-state index contributed by atoms with van der Waals surface area (Å²) in [6.07, 6.45) is 1.76. The SMILES string of the molecule is Cc1c(Cl)ccc2sc(N(CC3CCCO3)C(=O)c3ccccc3F)nc12. The lowest BCUT2D eigenvalue weighted by Gasteiger charge is -2.23. The van der Waals surface area contributed by atoms with E-state index < -0.39 is 11.7 Å². The molecule has 4 rings (SSSR count). The van der Waals surface area contributed by atoms with Gasteiger partial charge in [-0.1, -0.05) is 35.1 Å². The van der Waals surface area contributed by atoms with Crippen molar-refractivity contribution in [2.45, 2.75) is 25.9 Å². The molecule has 0 spiro atoms. The molecule has 0 aliphatic carbocycles. The first-order valence-electron chi connectivity index (χ1n) is 8.78. The Kier molecular flexibility index (Phi) is 5.12. The lowest BCUT2D eigenvalue weighted by molar-refractivity contribution is 0.0914. The molecule has 3 aromatic rings. The van der Waals surface area contributed by atoms with Gasteiger partial charge in [0.15, 0.2) is 5.13 Å². The highest BCUT2D eigenvalue weighted by Gasteiger charge is 2.28. The Morgan fingerprint density at radius 3 is 2.93 bits per heavy atom. The van der Waals surface area contributed by atoms with Crippen LogP contribution < -0.4 is 4.90 Å². The van der Waals surface area contributed by atoms with Gasteiger partial charge in [0.25, 0.3) is 5.91 Å². The van der Waals surface area contributed by atoms with Crippen molar-refractivity contribution in [3.8, 4) is 0 Å². The molecule has 1 saturated heterocycles. The topological polar surface area (TPSA) is 42.4 Å². The molecule has 1 aliphatic heterocycles. The van der Waals surface area contributed by atoms with E-state index in [2.05, 4.69) is 4.98 Å². The maximum Gasteiger partial charge on any atom is 0.263 e. The number of thiazole rings is 1. The van der Waals surface area contributed by atoms with Gasteiger partial charge in [0.1, 0.15) is 5.82 Å². The molecule has 1 amide bonds. The molecule has 1 unspecified atom stereocenters. The van der Waals surface area contributed by atoms with Crippen molar-refractivity contribution in [3.05, 3.63) is 58.4 Å². The molecule has 0 bridgehead atoms. The molecule has 140 valence electrons. The van der Waals surface area contributed by atoms with Gasteiger partial charge in [0.2, 0.25) is 0 Å². The minimum absolute atomic E-state index is 0.0320. The number of carbonyl (C=O) groups excluding carboxylic acids is 1. The zero-order valence-corrected chi connectivity index (χ0v) is 16.3. The van der Waals surface area contributed by atoms with E-state index in [1.807, 2.05) is 19.1 Å². The highest BCUT2D eigenvalue weighted by Crippen LogP contribution is 2.34. The Bertz CT molecular complexity index is 1000. The molecule has 0 N–H and O–H groups in total. The number of fused-ring (bicyclic) bond motifs is 1. The fraction of sp³-hybridized carbons (Fsp3) is 0.300. The summed E-state index contributed by atoms with van der Waals surface area (Å²) in [5.74, 6) is -0.952. The van der Waals surface area contributed by atoms with Gasteiger partial charge in [0.05, 0.1) is 28.4 Å². The molecule has 0 radical (unpaired) electrons. The molecule has 7 heteroatoms. The predicted octanol–water partition coefficient (Wildman–Crippen LogP) is 5.22. The Balaban J connectivity index is 1.76. The van der Waals surface area contributed by atoms with E-state index in [4.69, 9.17) is 16.3 Å². The Hall–Kier alpha value is -2.02. The summed E-state index contributed by atoms with van der Waals surface area (Å²) in [4.78, 5) is 19.3. The number of hydrogen-bond acceptors (Lipinski definition) is 4. The zero-order chi connectivity index (χ0) is 19.0. The number of hydrogen-bond donors (Lipinski definition) is 0. The predicted molar refractivity (Wildman–Crippen MR) is 106 cm³/mol. The number of ether oxygens (including phenoxy) is 1. The molecule has 1 aliphatic rings. The summed E-state index contributed by atoms with van der Waals surface area (Å²) >= 11 is 7.61. The van der Waals surface area contributed by atoms with Crippen LogP contribution in [0.25, 0.3) is 10.2 Å². The molecule has 4 nitrogen and oxygen atoms in total. The molecule has 0 saturated carbocycles. The first-order chi connectivity index (χ1) is 13.0. The number of nitrogens with zero attached hydrogens (tertiary/aromatic N) is 2. The molecule has 27 heavy (non-hydrogen) atoms. The van der Waals surface area contributed by atoms with Crippen LogP contribution in [0.15, 0.2) is 36.4 Å². The highest BCUT2D eigenvalue weighted by molar-refractivity contribution is 7.22. The van der Waals surface area contributed by atoms with Crippen molar-refractivity contribution >= 4 is 44.2 Å². The smallest absolute Gasteiger partial charge is 0.263 e. The normalized spacial score (nSPS) is 16.8.